The first-order valence-electron chi connectivity index (χ1n) is 12.7. The van der Waals surface area contributed by atoms with Crippen molar-refractivity contribution < 1.29 is 47.4 Å². The predicted molar refractivity (Wildman–Crippen MR) is 129 cm³/mol. The molecule has 10 nitrogen and oxygen atoms in total. The molecule has 0 rings (SSSR count). The van der Waals surface area contributed by atoms with Crippen LogP contribution in [0.25, 0.3) is 0 Å². The van der Waals surface area contributed by atoms with E-state index in [1.807, 2.05) is 0 Å². The quantitative estimate of drug-likeness (QED) is 0.132. The highest BCUT2D eigenvalue weighted by atomic mass is 16.6. The molecular formula is C24H50O10. The lowest BCUT2D eigenvalue weighted by Crippen LogP contribution is -2.15. The zero-order valence-corrected chi connectivity index (χ0v) is 21.6. The summed E-state index contributed by atoms with van der Waals surface area (Å²) in [6.07, 6.45) is 2.06. The Balaban J connectivity index is 2.99. The maximum absolute atomic E-state index is 5.45. The van der Waals surface area contributed by atoms with Crippen molar-refractivity contribution in [3.63, 3.8) is 0 Å². The van der Waals surface area contributed by atoms with Crippen LogP contribution in [-0.2, 0) is 47.4 Å². The molecular weight excluding hydrogens is 448 g/mol. The topological polar surface area (TPSA) is 92.3 Å². The van der Waals surface area contributed by atoms with Crippen LogP contribution < -0.4 is 0 Å². The molecule has 0 radical (unpaired) electrons. The van der Waals surface area contributed by atoms with Crippen molar-refractivity contribution in [1.82, 2.24) is 0 Å². The molecule has 0 aromatic rings. The van der Waals surface area contributed by atoms with Crippen LogP contribution in [0.3, 0.4) is 0 Å². The second-order valence-corrected chi connectivity index (χ2v) is 7.12. The Kier molecular flexibility index (Phi) is 32.2. The summed E-state index contributed by atoms with van der Waals surface area (Å²) in [6.45, 7) is 15.9. The van der Waals surface area contributed by atoms with Gasteiger partial charge in [-0.2, -0.15) is 0 Å². The molecule has 0 aromatic carbocycles. The second-order valence-electron chi connectivity index (χ2n) is 7.12. The van der Waals surface area contributed by atoms with Crippen LogP contribution in [0, 0.1) is 0 Å². The molecule has 0 unspecified atom stereocenters. The SMILES string of the molecule is CCCOCCOCCOCCOCCOCCOCCOCCOCCOCCOCCC. The third-order valence-electron chi connectivity index (χ3n) is 4.04. The Morgan fingerprint density at radius 2 is 0.324 bits per heavy atom. The van der Waals surface area contributed by atoms with Crippen LogP contribution in [0.5, 0.6) is 0 Å². The van der Waals surface area contributed by atoms with Gasteiger partial charge in [0.1, 0.15) is 0 Å². The number of hydrogen-bond donors (Lipinski definition) is 0. The molecule has 0 heterocycles. The largest absolute Gasteiger partial charge is 0.379 e. The molecule has 0 aliphatic carbocycles. The van der Waals surface area contributed by atoms with Crippen LogP contribution in [-0.4, -0.2) is 132 Å². The van der Waals surface area contributed by atoms with Crippen LogP contribution in [0.15, 0.2) is 0 Å². The Morgan fingerprint density at radius 1 is 0.206 bits per heavy atom. The molecule has 34 heavy (non-hydrogen) atoms. The van der Waals surface area contributed by atoms with E-state index in [4.69, 9.17) is 47.4 Å². The number of hydrogen-bond acceptors (Lipinski definition) is 10. The van der Waals surface area contributed by atoms with Crippen molar-refractivity contribution in [2.24, 2.45) is 0 Å². The first-order valence-corrected chi connectivity index (χ1v) is 12.7. The van der Waals surface area contributed by atoms with E-state index in [2.05, 4.69) is 13.8 Å². The van der Waals surface area contributed by atoms with E-state index in [-0.39, 0.29) is 0 Å². The normalized spacial score (nSPS) is 11.5. The maximum atomic E-state index is 5.45. The summed E-state index contributed by atoms with van der Waals surface area (Å²) < 4.78 is 54.1. The van der Waals surface area contributed by atoms with Gasteiger partial charge < -0.3 is 47.4 Å². The lowest BCUT2D eigenvalue weighted by molar-refractivity contribution is -0.0264. The van der Waals surface area contributed by atoms with Crippen molar-refractivity contribution >= 4 is 0 Å². The molecule has 10 heteroatoms. The average Bonchev–Trinajstić information content (AvgIpc) is 2.85. The molecule has 0 saturated carbocycles. The van der Waals surface area contributed by atoms with E-state index in [0.717, 1.165) is 26.1 Å². The van der Waals surface area contributed by atoms with Gasteiger partial charge in [0.2, 0.25) is 0 Å². The summed E-state index contributed by atoms with van der Waals surface area (Å²) in [7, 11) is 0. The van der Waals surface area contributed by atoms with Gasteiger partial charge in [-0.1, -0.05) is 13.8 Å². The molecule has 0 atom stereocenters. The lowest BCUT2D eigenvalue weighted by Gasteiger charge is -2.09. The zero-order valence-electron chi connectivity index (χ0n) is 21.6. The molecule has 0 saturated heterocycles. The van der Waals surface area contributed by atoms with Gasteiger partial charge in [-0.25, -0.2) is 0 Å². The molecule has 0 bridgehead atoms. The third kappa shape index (κ3) is 31.6. The highest BCUT2D eigenvalue weighted by Gasteiger charge is 1.95. The summed E-state index contributed by atoms with van der Waals surface area (Å²) in [5.74, 6) is 0. The Labute approximate surface area is 206 Å². The standard InChI is InChI=1S/C24H50O10/c1-3-5-25-7-9-27-11-13-29-15-17-31-19-21-33-23-24-34-22-20-32-18-16-30-14-12-28-10-8-26-6-4-2/h3-24H2,1-2H3. The average molecular weight is 499 g/mol. The summed E-state index contributed by atoms with van der Waals surface area (Å²) in [5, 5.41) is 0. The molecule has 0 spiro atoms. The first kappa shape index (κ1) is 33.6. The van der Waals surface area contributed by atoms with Crippen LogP contribution >= 0.6 is 0 Å². The molecule has 0 fully saturated rings. The van der Waals surface area contributed by atoms with E-state index in [1.165, 1.54) is 0 Å². The van der Waals surface area contributed by atoms with Gasteiger partial charge in [0.15, 0.2) is 0 Å². The van der Waals surface area contributed by atoms with Gasteiger partial charge in [0.25, 0.3) is 0 Å². The van der Waals surface area contributed by atoms with Crippen molar-refractivity contribution in [2.75, 3.05) is 132 Å². The van der Waals surface area contributed by atoms with Gasteiger partial charge >= 0.3 is 0 Å². The monoisotopic (exact) mass is 498 g/mol. The Hall–Kier alpha value is -0.400. The first-order chi connectivity index (χ1) is 16.9. The summed E-state index contributed by atoms with van der Waals surface area (Å²) >= 11 is 0. The van der Waals surface area contributed by atoms with E-state index in [9.17, 15) is 0 Å². The molecule has 0 amide bonds. The molecule has 206 valence electrons. The maximum Gasteiger partial charge on any atom is 0.0701 e. The van der Waals surface area contributed by atoms with Gasteiger partial charge in [0, 0.05) is 13.2 Å². The van der Waals surface area contributed by atoms with E-state index >= 15 is 0 Å². The minimum Gasteiger partial charge on any atom is -0.379 e. The van der Waals surface area contributed by atoms with Crippen molar-refractivity contribution in [1.29, 1.82) is 0 Å². The smallest absolute Gasteiger partial charge is 0.0701 e. The molecule has 0 aliphatic heterocycles. The van der Waals surface area contributed by atoms with Crippen LogP contribution in [0.1, 0.15) is 26.7 Å². The van der Waals surface area contributed by atoms with E-state index in [1.54, 1.807) is 0 Å². The van der Waals surface area contributed by atoms with Crippen molar-refractivity contribution in [3.8, 4) is 0 Å². The van der Waals surface area contributed by atoms with Gasteiger partial charge in [-0.05, 0) is 12.8 Å². The van der Waals surface area contributed by atoms with Gasteiger partial charge in [-0.15, -0.1) is 0 Å². The van der Waals surface area contributed by atoms with E-state index in [0.29, 0.717) is 119 Å². The highest BCUT2D eigenvalue weighted by molar-refractivity contribution is 4.38. The Bertz CT molecular complexity index is 318. The second kappa shape index (κ2) is 32.6. The molecule has 0 aliphatic rings. The van der Waals surface area contributed by atoms with Crippen LogP contribution in [0.2, 0.25) is 0 Å². The third-order valence-corrected chi connectivity index (χ3v) is 4.04. The van der Waals surface area contributed by atoms with E-state index < -0.39 is 0 Å². The minimum atomic E-state index is 0.533. The summed E-state index contributed by atoms with van der Waals surface area (Å²) in [6, 6.07) is 0. The Morgan fingerprint density at radius 3 is 0.441 bits per heavy atom. The zero-order chi connectivity index (χ0) is 24.6. The van der Waals surface area contributed by atoms with Gasteiger partial charge in [-0.3, -0.25) is 0 Å². The van der Waals surface area contributed by atoms with Gasteiger partial charge in [0.05, 0.1) is 119 Å². The fourth-order valence-corrected chi connectivity index (χ4v) is 2.37. The summed E-state index contributed by atoms with van der Waals surface area (Å²) in [5.41, 5.74) is 0. The van der Waals surface area contributed by atoms with Crippen molar-refractivity contribution in [2.45, 2.75) is 26.7 Å². The van der Waals surface area contributed by atoms with Crippen molar-refractivity contribution in [3.05, 3.63) is 0 Å². The number of ether oxygens (including phenoxy) is 10. The predicted octanol–water partition coefficient (Wildman–Crippen LogP) is 1.97. The minimum absolute atomic E-state index is 0.533. The lowest BCUT2D eigenvalue weighted by atomic mass is 10.5. The summed E-state index contributed by atoms with van der Waals surface area (Å²) in [4.78, 5) is 0. The highest BCUT2D eigenvalue weighted by Crippen LogP contribution is 1.87. The molecule has 0 N–H and O–H groups in total. The number of rotatable bonds is 31. The van der Waals surface area contributed by atoms with Crippen LogP contribution in [0.4, 0.5) is 0 Å². The fourth-order valence-electron chi connectivity index (χ4n) is 2.37. The molecule has 0 aromatic heterocycles. The fraction of sp³-hybridized carbons (Fsp3) is 1.00.